The maximum absolute atomic E-state index is 13.2. The van der Waals surface area contributed by atoms with Crippen molar-refractivity contribution >= 4 is 55.5 Å². The second-order valence-corrected chi connectivity index (χ2v) is 8.21. The minimum Gasteiger partial charge on any atom is -0.355 e. The fourth-order valence-corrected chi connectivity index (χ4v) is 4.27. The molecule has 4 rings (SSSR count). The van der Waals surface area contributed by atoms with E-state index >= 15 is 0 Å². The van der Waals surface area contributed by atoms with Crippen molar-refractivity contribution in [3.05, 3.63) is 68.8 Å². The first-order valence-electron chi connectivity index (χ1n) is 9.14. The number of hydrogen-bond acceptors (Lipinski definition) is 3. The molecule has 1 heterocycles. The zero-order valence-corrected chi connectivity index (χ0v) is 18.4. The molecule has 0 fully saturated rings. The highest BCUT2D eigenvalue weighted by molar-refractivity contribution is 9.10. The predicted octanol–water partition coefficient (Wildman–Crippen LogP) is 4.79. The molecule has 0 unspecified atom stereocenters. The maximum Gasteiger partial charge on any atom is 0.252 e. The number of aromatic nitrogens is 1. The molecule has 0 atom stereocenters. The molecule has 29 heavy (non-hydrogen) atoms. The number of amides is 1. The number of methoxy groups -OCH3 is 2. The molecule has 3 aromatic rings. The van der Waals surface area contributed by atoms with Gasteiger partial charge in [-0.05, 0) is 53.1 Å². The maximum atomic E-state index is 13.2. The molecule has 2 aromatic carbocycles. The smallest absolute Gasteiger partial charge is 0.252 e. The van der Waals surface area contributed by atoms with E-state index in [0.717, 1.165) is 37.8 Å². The van der Waals surface area contributed by atoms with Crippen LogP contribution in [0.4, 0.5) is 0 Å². The normalized spacial score (nSPS) is 13.4. The van der Waals surface area contributed by atoms with Gasteiger partial charge >= 0.3 is 0 Å². The van der Waals surface area contributed by atoms with E-state index in [2.05, 4.69) is 32.3 Å². The summed E-state index contributed by atoms with van der Waals surface area (Å²) in [6.07, 6.45) is 0.166. The molecular formula is C22H20BrClN2O3. The topological polar surface area (TPSA) is 63.3 Å². The fourth-order valence-electron chi connectivity index (χ4n) is 3.68. The fraction of sp³-hybridized carbons (Fsp3) is 0.227. The van der Waals surface area contributed by atoms with E-state index in [9.17, 15) is 4.79 Å². The van der Waals surface area contributed by atoms with E-state index < -0.39 is 6.29 Å². The highest BCUT2D eigenvalue weighted by Gasteiger charge is 2.29. The average Bonchev–Trinajstić information content (AvgIpc) is 3.28. The Bertz CT molecular complexity index is 1120. The Kier molecular flexibility index (Phi) is 5.79. The van der Waals surface area contributed by atoms with Gasteiger partial charge in [0, 0.05) is 46.7 Å². The Balaban J connectivity index is 1.76. The predicted molar refractivity (Wildman–Crippen MR) is 119 cm³/mol. The summed E-state index contributed by atoms with van der Waals surface area (Å²) >= 11 is 9.66. The molecular weight excluding hydrogens is 456 g/mol. The molecule has 1 aromatic heterocycles. The van der Waals surface area contributed by atoms with Gasteiger partial charge in [0.1, 0.15) is 0 Å². The van der Waals surface area contributed by atoms with E-state index in [0.29, 0.717) is 17.0 Å². The van der Waals surface area contributed by atoms with Gasteiger partial charge in [0.25, 0.3) is 5.91 Å². The van der Waals surface area contributed by atoms with Crippen LogP contribution in [0, 0.1) is 0 Å². The number of hydrogen-bond donors (Lipinski definition) is 2. The van der Waals surface area contributed by atoms with Crippen LogP contribution in [0.2, 0.25) is 5.02 Å². The van der Waals surface area contributed by atoms with Crippen molar-refractivity contribution in [3.8, 4) is 0 Å². The number of rotatable bonds is 6. The first-order chi connectivity index (χ1) is 14.0. The largest absolute Gasteiger partial charge is 0.355 e. The van der Waals surface area contributed by atoms with E-state index in [1.807, 2.05) is 36.4 Å². The highest BCUT2D eigenvalue weighted by Crippen LogP contribution is 2.40. The molecule has 0 bridgehead atoms. The number of H-pyrrole nitrogens is 1. The zero-order valence-electron chi connectivity index (χ0n) is 16.0. The number of nitrogens with one attached hydrogen (secondary N) is 2. The molecule has 150 valence electrons. The lowest BCUT2D eigenvalue weighted by molar-refractivity contribution is -0.122. The number of aromatic amines is 1. The van der Waals surface area contributed by atoms with Gasteiger partial charge in [-0.1, -0.05) is 33.6 Å². The number of carbonyl (C=O) groups excluding carboxylic acids is 1. The van der Waals surface area contributed by atoms with Gasteiger partial charge in [-0.25, -0.2) is 0 Å². The number of carbonyl (C=O) groups is 1. The van der Waals surface area contributed by atoms with Crippen LogP contribution in [-0.4, -0.2) is 37.9 Å². The Morgan fingerprint density at radius 2 is 2.00 bits per heavy atom. The van der Waals surface area contributed by atoms with Crippen molar-refractivity contribution in [1.82, 2.24) is 10.3 Å². The lowest BCUT2D eigenvalue weighted by Gasteiger charge is -2.15. The van der Waals surface area contributed by atoms with Gasteiger partial charge in [0.05, 0.1) is 12.1 Å². The lowest BCUT2D eigenvalue weighted by atomic mass is 10.0. The van der Waals surface area contributed by atoms with Crippen molar-refractivity contribution in [2.45, 2.75) is 12.7 Å². The van der Waals surface area contributed by atoms with E-state index in [1.54, 1.807) is 14.2 Å². The second-order valence-electron chi connectivity index (χ2n) is 6.86. The van der Waals surface area contributed by atoms with Gasteiger partial charge in [-0.15, -0.1) is 0 Å². The Hall–Kier alpha value is -2.12. The first-order valence-corrected chi connectivity index (χ1v) is 10.3. The number of halogens is 2. The van der Waals surface area contributed by atoms with Gasteiger partial charge < -0.3 is 19.8 Å². The summed E-state index contributed by atoms with van der Waals surface area (Å²) in [5.74, 6) is -0.156. The third kappa shape index (κ3) is 3.98. The van der Waals surface area contributed by atoms with Crippen molar-refractivity contribution < 1.29 is 14.3 Å². The van der Waals surface area contributed by atoms with Crippen molar-refractivity contribution in [1.29, 1.82) is 0 Å². The number of fused-ring (bicyclic) bond motifs is 2. The molecule has 0 saturated carbocycles. The Labute approximate surface area is 182 Å². The molecule has 0 saturated heterocycles. The molecule has 1 aliphatic carbocycles. The standard InChI is InChI=1S/C22H20BrClN2O3/c1-28-20(29-2)11-25-22(27)21-16-5-3-14(23)7-12(16)9-17(21)19-10-13-8-15(24)4-6-18(13)26-19/h3-8,10,20,26H,9,11H2,1-2H3,(H,25,27). The van der Waals surface area contributed by atoms with Crippen molar-refractivity contribution in [2.75, 3.05) is 20.8 Å². The van der Waals surface area contributed by atoms with Crippen LogP contribution in [0.1, 0.15) is 16.8 Å². The van der Waals surface area contributed by atoms with Crippen LogP contribution in [0.15, 0.2) is 46.9 Å². The molecule has 1 aliphatic rings. The van der Waals surface area contributed by atoms with Crippen molar-refractivity contribution in [3.63, 3.8) is 0 Å². The molecule has 0 radical (unpaired) electrons. The van der Waals surface area contributed by atoms with E-state index in [-0.39, 0.29) is 12.5 Å². The second kappa shape index (κ2) is 8.32. The Morgan fingerprint density at radius 3 is 2.76 bits per heavy atom. The minimum atomic E-state index is -0.496. The molecule has 1 amide bonds. The van der Waals surface area contributed by atoms with Crippen LogP contribution >= 0.6 is 27.5 Å². The zero-order chi connectivity index (χ0) is 20.5. The van der Waals surface area contributed by atoms with Crippen molar-refractivity contribution in [2.24, 2.45) is 0 Å². The van der Waals surface area contributed by atoms with Gasteiger partial charge in [-0.2, -0.15) is 0 Å². The summed E-state index contributed by atoms with van der Waals surface area (Å²) in [5.41, 5.74) is 5.54. The molecule has 7 heteroatoms. The van der Waals surface area contributed by atoms with Crippen LogP contribution in [0.3, 0.4) is 0 Å². The number of allylic oxidation sites excluding steroid dienone is 1. The van der Waals surface area contributed by atoms with E-state index in [1.165, 1.54) is 0 Å². The minimum absolute atomic E-state index is 0.156. The molecule has 0 aliphatic heterocycles. The van der Waals surface area contributed by atoms with E-state index in [4.69, 9.17) is 21.1 Å². The summed E-state index contributed by atoms with van der Waals surface area (Å²) in [6, 6.07) is 13.7. The number of benzene rings is 2. The summed E-state index contributed by atoms with van der Waals surface area (Å²) in [5, 5.41) is 4.62. The third-order valence-corrected chi connectivity index (χ3v) is 5.82. The van der Waals surface area contributed by atoms with Crippen LogP contribution in [0.5, 0.6) is 0 Å². The highest BCUT2D eigenvalue weighted by atomic mass is 79.9. The Morgan fingerprint density at radius 1 is 1.21 bits per heavy atom. The SMILES string of the molecule is COC(CNC(=O)C1=C(c2cc3cc(Cl)ccc3[nH]2)Cc2cc(Br)ccc21)OC. The first kappa shape index (κ1) is 20.2. The number of ether oxygens (including phenoxy) is 2. The quantitative estimate of drug-likeness (QED) is 0.504. The molecule has 0 spiro atoms. The third-order valence-electron chi connectivity index (χ3n) is 5.10. The summed E-state index contributed by atoms with van der Waals surface area (Å²) in [4.78, 5) is 16.6. The lowest BCUT2D eigenvalue weighted by Crippen LogP contribution is -2.34. The molecule has 2 N–H and O–H groups in total. The van der Waals surface area contributed by atoms with Gasteiger partial charge in [-0.3, -0.25) is 4.79 Å². The summed E-state index contributed by atoms with van der Waals surface area (Å²) in [7, 11) is 3.09. The summed E-state index contributed by atoms with van der Waals surface area (Å²) < 4.78 is 11.4. The van der Waals surface area contributed by atoms with Crippen LogP contribution in [-0.2, 0) is 20.7 Å². The van der Waals surface area contributed by atoms with Gasteiger partial charge in [0.15, 0.2) is 6.29 Å². The monoisotopic (exact) mass is 474 g/mol. The van der Waals surface area contributed by atoms with Crippen LogP contribution < -0.4 is 5.32 Å². The van der Waals surface area contributed by atoms with Crippen LogP contribution in [0.25, 0.3) is 22.0 Å². The average molecular weight is 476 g/mol. The molecule has 5 nitrogen and oxygen atoms in total. The summed E-state index contributed by atoms with van der Waals surface area (Å²) in [6.45, 7) is 0.261. The van der Waals surface area contributed by atoms with Gasteiger partial charge in [0.2, 0.25) is 0 Å².